The van der Waals surface area contributed by atoms with Gasteiger partial charge in [-0.3, -0.25) is 0 Å². The van der Waals surface area contributed by atoms with Gasteiger partial charge in [0.2, 0.25) is 10.2 Å². The minimum Gasteiger partial charge on any atom is -0.480 e. The molecule has 4 rings (SSSR count). The molecule has 2 heterocycles. The highest BCUT2D eigenvalue weighted by atomic mass is 32.2. The summed E-state index contributed by atoms with van der Waals surface area (Å²) in [4.78, 5) is 0. The number of hydrogen-bond donors (Lipinski definition) is 0. The Morgan fingerprint density at radius 3 is 2.00 bits per heavy atom. The van der Waals surface area contributed by atoms with E-state index < -0.39 is 0 Å². The highest BCUT2D eigenvalue weighted by molar-refractivity contribution is 8.10. The Bertz CT molecular complexity index is 332. The predicted octanol–water partition coefficient (Wildman–Crippen LogP) is 2.58. The molecule has 2 aliphatic carbocycles. The standard InChI is InChI=1S/C11H12O2S2/c1-2-7-5-6(1)8-9(7)15-11-10(14-8)12-3-4-13-11/h1-2,6-9H,3-5H2. The van der Waals surface area contributed by atoms with Crippen molar-refractivity contribution in [3.63, 3.8) is 0 Å². The van der Waals surface area contributed by atoms with Crippen molar-refractivity contribution in [2.75, 3.05) is 13.2 Å². The zero-order chi connectivity index (χ0) is 9.83. The molecule has 2 bridgehead atoms. The number of rotatable bonds is 0. The summed E-state index contributed by atoms with van der Waals surface area (Å²) in [7, 11) is 0. The van der Waals surface area contributed by atoms with Crippen LogP contribution in [0.5, 0.6) is 0 Å². The van der Waals surface area contributed by atoms with Crippen molar-refractivity contribution < 1.29 is 9.47 Å². The molecular formula is C11H12O2S2. The van der Waals surface area contributed by atoms with Gasteiger partial charge in [0.25, 0.3) is 0 Å². The highest BCUT2D eigenvalue weighted by Crippen LogP contribution is 2.58. The fourth-order valence-electron chi connectivity index (χ4n) is 2.84. The first-order valence-electron chi connectivity index (χ1n) is 5.43. The summed E-state index contributed by atoms with van der Waals surface area (Å²) in [6, 6.07) is 0. The van der Waals surface area contributed by atoms with Crippen LogP contribution in [0.4, 0.5) is 0 Å². The van der Waals surface area contributed by atoms with Crippen LogP contribution in [0.2, 0.25) is 0 Å². The van der Waals surface area contributed by atoms with Gasteiger partial charge in [-0.25, -0.2) is 0 Å². The monoisotopic (exact) mass is 240 g/mol. The Labute approximate surface area is 97.5 Å². The smallest absolute Gasteiger partial charge is 0.203 e. The molecule has 1 saturated carbocycles. The highest BCUT2D eigenvalue weighted by Gasteiger charge is 2.49. The van der Waals surface area contributed by atoms with E-state index in [9.17, 15) is 0 Å². The van der Waals surface area contributed by atoms with E-state index >= 15 is 0 Å². The van der Waals surface area contributed by atoms with Gasteiger partial charge in [-0.05, 0) is 18.3 Å². The second-order valence-electron chi connectivity index (χ2n) is 4.39. The lowest BCUT2D eigenvalue weighted by molar-refractivity contribution is 0.0932. The number of thioether (sulfide) groups is 2. The normalized spacial score (nSPS) is 45.9. The van der Waals surface area contributed by atoms with Gasteiger partial charge in [0.15, 0.2) is 0 Å². The van der Waals surface area contributed by atoms with Crippen molar-refractivity contribution in [1.82, 2.24) is 0 Å². The van der Waals surface area contributed by atoms with Crippen molar-refractivity contribution in [2.45, 2.75) is 16.9 Å². The Balaban J connectivity index is 1.67. The van der Waals surface area contributed by atoms with Gasteiger partial charge in [0.05, 0.1) is 0 Å². The van der Waals surface area contributed by atoms with Crippen LogP contribution in [0.1, 0.15) is 6.42 Å². The molecular weight excluding hydrogens is 228 g/mol. The molecule has 0 saturated heterocycles. The Morgan fingerprint density at radius 2 is 1.47 bits per heavy atom. The molecule has 2 aliphatic heterocycles. The largest absolute Gasteiger partial charge is 0.480 e. The molecule has 0 N–H and O–H groups in total. The Hall–Kier alpha value is -0.220. The first-order valence-corrected chi connectivity index (χ1v) is 7.19. The van der Waals surface area contributed by atoms with Gasteiger partial charge in [0, 0.05) is 10.5 Å². The molecule has 4 heteroatoms. The van der Waals surface area contributed by atoms with Gasteiger partial charge < -0.3 is 9.47 Å². The number of allylic oxidation sites excluding steroid dienone is 2. The molecule has 0 radical (unpaired) electrons. The van der Waals surface area contributed by atoms with E-state index in [1.807, 2.05) is 23.5 Å². The first kappa shape index (κ1) is 8.88. The molecule has 0 aromatic heterocycles. The van der Waals surface area contributed by atoms with Crippen LogP contribution in [-0.4, -0.2) is 23.7 Å². The zero-order valence-corrected chi connectivity index (χ0v) is 9.85. The van der Waals surface area contributed by atoms with Crippen molar-refractivity contribution in [3.8, 4) is 0 Å². The third-order valence-electron chi connectivity index (χ3n) is 3.52. The summed E-state index contributed by atoms with van der Waals surface area (Å²) in [5.41, 5.74) is 0. The van der Waals surface area contributed by atoms with E-state index in [1.165, 1.54) is 6.42 Å². The average Bonchev–Trinajstić information content (AvgIpc) is 2.87. The van der Waals surface area contributed by atoms with Crippen molar-refractivity contribution in [3.05, 3.63) is 22.3 Å². The summed E-state index contributed by atoms with van der Waals surface area (Å²) in [5.74, 6) is 1.55. The topological polar surface area (TPSA) is 18.5 Å². The summed E-state index contributed by atoms with van der Waals surface area (Å²) < 4.78 is 11.3. The summed E-state index contributed by atoms with van der Waals surface area (Å²) in [6.45, 7) is 1.43. The van der Waals surface area contributed by atoms with E-state index in [4.69, 9.17) is 9.47 Å². The maximum Gasteiger partial charge on any atom is 0.203 e. The molecule has 15 heavy (non-hydrogen) atoms. The molecule has 0 aromatic carbocycles. The molecule has 0 spiro atoms. The van der Waals surface area contributed by atoms with Gasteiger partial charge in [-0.1, -0.05) is 35.7 Å². The SMILES string of the molecule is C1=CC2CC1C1SC3=C(OCCO3)SC21. The first-order chi connectivity index (χ1) is 7.42. The lowest BCUT2D eigenvalue weighted by atomic mass is 10.1. The minimum absolute atomic E-state index is 0.716. The second-order valence-corrected chi connectivity index (χ2v) is 6.69. The van der Waals surface area contributed by atoms with Gasteiger partial charge >= 0.3 is 0 Å². The molecule has 4 atom stereocenters. The van der Waals surface area contributed by atoms with E-state index in [1.54, 1.807) is 0 Å². The van der Waals surface area contributed by atoms with Crippen LogP contribution in [0.25, 0.3) is 0 Å². The van der Waals surface area contributed by atoms with Crippen molar-refractivity contribution in [1.29, 1.82) is 0 Å². The molecule has 1 fully saturated rings. The molecule has 0 amide bonds. The summed E-state index contributed by atoms with van der Waals surface area (Å²) >= 11 is 3.82. The summed E-state index contributed by atoms with van der Waals surface area (Å²) in [6.07, 6.45) is 6.14. The van der Waals surface area contributed by atoms with Crippen LogP contribution < -0.4 is 0 Å². The Kier molecular flexibility index (Phi) is 1.86. The number of hydrogen-bond acceptors (Lipinski definition) is 4. The lowest BCUT2D eigenvalue weighted by Gasteiger charge is -2.35. The van der Waals surface area contributed by atoms with E-state index in [0.29, 0.717) is 13.2 Å². The van der Waals surface area contributed by atoms with E-state index in [-0.39, 0.29) is 0 Å². The van der Waals surface area contributed by atoms with Crippen LogP contribution in [0, 0.1) is 11.8 Å². The maximum atomic E-state index is 5.67. The average molecular weight is 240 g/mol. The third-order valence-corrected chi connectivity index (χ3v) is 6.69. The van der Waals surface area contributed by atoms with Crippen molar-refractivity contribution in [2.24, 2.45) is 11.8 Å². The number of ether oxygens (including phenoxy) is 2. The van der Waals surface area contributed by atoms with Crippen LogP contribution in [0.15, 0.2) is 22.3 Å². The van der Waals surface area contributed by atoms with Crippen LogP contribution in [-0.2, 0) is 9.47 Å². The predicted molar refractivity (Wildman–Crippen MR) is 62.4 cm³/mol. The maximum absolute atomic E-state index is 5.67. The van der Waals surface area contributed by atoms with Gasteiger partial charge in [-0.15, -0.1) is 0 Å². The van der Waals surface area contributed by atoms with Crippen LogP contribution >= 0.6 is 23.5 Å². The number of fused-ring (bicyclic) bond motifs is 5. The molecule has 4 aliphatic rings. The van der Waals surface area contributed by atoms with Gasteiger partial charge in [-0.2, -0.15) is 0 Å². The minimum atomic E-state index is 0.716. The molecule has 4 unspecified atom stereocenters. The van der Waals surface area contributed by atoms with Gasteiger partial charge in [0.1, 0.15) is 13.2 Å². The Morgan fingerprint density at radius 1 is 0.933 bits per heavy atom. The van der Waals surface area contributed by atoms with E-state index in [0.717, 1.165) is 32.5 Å². The fraction of sp³-hybridized carbons (Fsp3) is 0.636. The summed E-state index contributed by atoms with van der Waals surface area (Å²) in [5, 5.41) is 3.55. The van der Waals surface area contributed by atoms with E-state index in [2.05, 4.69) is 12.2 Å². The zero-order valence-electron chi connectivity index (χ0n) is 8.22. The second kappa shape index (κ2) is 3.14. The quantitative estimate of drug-likeness (QED) is 0.606. The third kappa shape index (κ3) is 1.21. The molecule has 0 aromatic rings. The lowest BCUT2D eigenvalue weighted by Crippen LogP contribution is -2.30. The van der Waals surface area contributed by atoms with Crippen molar-refractivity contribution >= 4 is 23.5 Å². The molecule has 2 nitrogen and oxygen atoms in total. The molecule has 80 valence electrons. The fourth-order valence-corrected chi connectivity index (χ4v) is 5.99. The van der Waals surface area contributed by atoms with Crippen LogP contribution in [0.3, 0.4) is 0 Å².